The van der Waals surface area contributed by atoms with Crippen LogP contribution in [0.3, 0.4) is 0 Å². The topological polar surface area (TPSA) is 43.1 Å². The number of allylic oxidation sites excluding steroid dienone is 5. The van der Waals surface area contributed by atoms with Crippen LogP contribution in [-0.4, -0.2) is 5.91 Å². The van der Waals surface area contributed by atoms with Gasteiger partial charge in [-0.15, -0.1) is 11.3 Å². The van der Waals surface area contributed by atoms with Crippen molar-refractivity contribution in [2.75, 3.05) is 0 Å². The van der Waals surface area contributed by atoms with Gasteiger partial charge in [0.2, 0.25) is 0 Å². The number of hydrogen-bond acceptors (Lipinski definition) is 2. The number of rotatable bonds is 4. The molecule has 1 aromatic heterocycles. The Labute approximate surface area is 137 Å². The molecule has 0 unspecified atom stereocenters. The molecule has 0 fully saturated rings. The average Bonchev–Trinajstić information content (AvgIpc) is 2.86. The molecule has 0 radical (unpaired) electrons. The molecule has 0 aliphatic heterocycles. The van der Waals surface area contributed by atoms with Gasteiger partial charge in [-0.3, -0.25) is 4.79 Å². The van der Waals surface area contributed by atoms with Gasteiger partial charge in [-0.25, -0.2) is 0 Å². The summed E-state index contributed by atoms with van der Waals surface area (Å²) in [6.45, 7) is 8.99. The number of carbonyl (C=O) groups excluding carboxylic acids is 1. The van der Waals surface area contributed by atoms with Crippen LogP contribution in [0.1, 0.15) is 61.5 Å². The maximum absolute atomic E-state index is 11.1. The number of thiophene rings is 1. The number of primary amides is 1. The maximum atomic E-state index is 11.1. The molecule has 2 N–H and O–H groups in total. The van der Waals surface area contributed by atoms with Crippen molar-refractivity contribution in [3.05, 3.63) is 50.8 Å². The molecule has 1 aliphatic carbocycles. The van der Waals surface area contributed by atoms with Crippen molar-refractivity contribution >= 4 is 23.3 Å². The Hall–Kier alpha value is -1.61. The highest BCUT2D eigenvalue weighted by Crippen LogP contribution is 2.40. The highest BCUT2D eigenvalue weighted by molar-refractivity contribution is 7.14. The van der Waals surface area contributed by atoms with Crippen LogP contribution in [0, 0.1) is 5.41 Å². The van der Waals surface area contributed by atoms with E-state index in [9.17, 15) is 4.79 Å². The zero-order valence-electron chi connectivity index (χ0n) is 13.9. The molecule has 0 spiro atoms. The van der Waals surface area contributed by atoms with Gasteiger partial charge in [-0.2, -0.15) is 0 Å². The third kappa shape index (κ3) is 3.98. The predicted molar refractivity (Wildman–Crippen MR) is 96.0 cm³/mol. The SMILES string of the molecule is CC1=C(C=C/C(C)=C/c2ccc(C(N)=O)s2)C(C)(C)CCC1. The summed E-state index contributed by atoms with van der Waals surface area (Å²) >= 11 is 1.43. The molecule has 1 heterocycles. The van der Waals surface area contributed by atoms with Gasteiger partial charge in [0.05, 0.1) is 4.88 Å². The smallest absolute Gasteiger partial charge is 0.258 e. The fraction of sp³-hybridized carbons (Fsp3) is 0.421. The summed E-state index contributed by atoms with van der Waals surface area (Å²) in [6.07, 6.45) is 10.3. The molecule has 2 rings (SSSR count). The monoisotopic (exact) mass is 315 g/mol. The van der Waals surface area contributed by atoms with Gasteiger partial charge in [-0.05, 0) is 67.9 Å². The highest BCUT2D eigenvalue weighted by Gasteiger charge is 2.26. The lowest BCUT2D eigenvalue weighted by Gasteiger charge is -2.32. The Balaban J connectivity index is 2.18. The Morgan fingerprint density at radius 3 is 2.68 bits per heavy atom. The summed E-state index contributed by atoms with van der Waals surface area (Å²) in [6, 6.07) is 3.73. The summed E-state index contributed by atoms with van der Waals surface area (Å²) in [5.74, 6) is -0.359. The summed E-state index contributed by atoms with van der Waals surface area (Å²) in [4.78, 5) is 12.8. The van der Waals surface area contributed by atoms with Gasteiger partial charge in [-0.1, -0.05) is 31.6 Å². The second-order valence-corrected chi connectivity index (χ2v) is 7.83. The van der Waals surface area contributed by atoms with Crippen LogP contribution in [-0.2, 0) is 0 Å². The fourth-order valence-corrected chi connectivity index (χ4v) is 3.93. The minimum atomic E-state index is -0.359. The Morgan fingerprint density at radius 1 is 1.36 bits per heavy atom. The lowest BCUT2D eigenvalue weighted by atomic mass is 9.72. The number of amides is 1. The van der Waals surface area contributed by atoms with E-state index in [1.54, 1.807) is 6.07 Å². The first kappa shape index (κ1) is 16.8. The van der Waals surface area contributed by atoms with Crippen molar-refractivity contribution in [2.45, 2.75) is 47.0 Å². The number of hydrogen-bond donors (Lipinski definition) is 1. The first-order chi connectivity index (χ1) is 10.3. The molecular formula is C19H25NOS. The van der Waals surface area contributed by atoms with Gasteiger partial charge in [0, 0.05) is 4.88 Å². The van der Waals surface area contributed by atoms with Crippen LogP contribution < -0.4 is 5.73 Å². The molecule has 0 bridgehead atoms. The Morgan fingerprint density at radius 2 is 2.09 bits per heavy atom. The van der Waals surface area contributed by atoms with Gasteiger partial charge in [0.1, 0.15) is 0 Å². The number of carbonyl (C=O) groups is 1. The van der Waals surface area contributed by atoms with Crippen LogP contribution in [0.5, 0.6) is 0 Å². The van der Waals surface area contributed by atoms with Crippen LogP contribution in [0.4, 0.5) is 0 Å². The van der Waals surface area contributed by atoms with E-state index < -0.39 is 0 Å². The zero-order valence-corrected chi connectivity index (χ0v) is 14.7. The van der Waals surface area contributed by atoms with Crippen molar-refractivity contribution in [2.24, 2.45) is 11.1 Å². The lowest BCUT2D eigenvalue weighted by Crippen LogP contribution is -2.19. The van der Waals surface area contributed by atoms with Crippen molar-refractivity contribution in [3.63, 3.8) is 0 Å². The minimum Gasteiger partial charge on any atom is -0.365 e. The van der Waals surface area contributed by atoms with Crippen LogP contribution in [0.15, 0.2) is 41.0 Å². The van der Waals surface area contributed by atoms with Crippen molar-refractivity contribution in [1.29, 1.82) is 0 Å². The molecule has 118 valence electrons. The van der Waals surface area contributed by atoms with Crippen LogP contribution >= 0.6 is 11.3 Å². The van der Waals surface area contributed by atoms with Crippen LogP contribution in [0.2, 0.25) is 0 Å². The fourth-order valence-electron chi connectivity index (χ4n) is 3.06. The molecule has 0 atom stereocenters. The molecule has 22 heavy (non-hydrogen) atoms. The van der Waals surface area contributed by atoms with E-state index in [-0.39, 0.29) is 11.3 Å². The molecule has 1 aliphatic rings. The summed E-state index contributed by atoms with van der Waals surface area (Å²) in [5, 5.41) is 0. The summed E-state index contributed by atoms with van der Waals surface area (Å²) < 4.78 is 0. The summed E-state index contributed by atoms with van der Waals surface area (Å²) in [7, 11) is 0. The van der Waals surface area contributed by atoms with E-state index >= 15 is 0 Å². The van der Waals surface area contributed by atoms with Crippen molar-refractivity contribution < 1.29 is 4.79 Å². The first-order valence-corrected chi connectivity index (χ1v) is 8.57. The predicted octanol–water partition coefficient (Wildman–Crippen LogP) is 5.33. The molecule has 3 heteroatoms. The standard InChI is InChI=1S/C19H25NOS/c1-13(12-15-8-10-17(22-15)18(20)21)7-9-16-14(2)6-5-11-19(16,3)4/h7-10,12H,5-6,11H2,1-4H3,(H2,20,21)/b9-7?,13-12+. The maximum Gasteiger partial charge on any atom is 0.258 e. The molecule has 1 amide bonds. The quantitative estimate of drug-likeness (QED) is 0.749. The molecule has 0 saturated carbocycles. The zero-order chi connectivity index (χ0) is 16.3. The van der Waals surface area contributed by atoms with Gasteiger partial charge in [0.25, 0.3) is 5.91 Å². The minimum absolute atomic E-state index is 0.265. The first-order valence-electron chi connectivity index (χ1n) is 7.76. The highest BCUT2D eigenvalue weighted by atomic mass is 32.1. The van der Waals surface area contributed by atoms with Crippen LogP contribution in [0.25, 0.3) is 6.08 Å². The van der Waals surface area contributed by atoms with E-state index in [2.05, 4.69) is 45.9 Å². The third-order valence-corrected chi connectivity index (χ3v) is 5.34. The number of nitrogens with two attached hydrogens (primary N) is 1. The van der Waals surface area contributed by atoms with Crippen molar-refractivity contribution in [3.8, 4) is 0 Å². The van der Waals surface area contributed by atoms with E-state index in [4.69, 9.17) is 5.73 Å². The second-order valence-electron chi connectivity index (χ2n) is 6.72. The second kappa shape index (κ2) is 6.66. The van der Waals surface area contributed by atoms with Gasteiger partial charge >= 0.3 is 0 Å². The largest absolute Gasteiger partial charge is 0.365 e. The molecule has 0 aromatic carbocycles. The average molecular weight is 315 g/mol. The normalized spacial score (nSPS) is 19.0. The molecule has 0 saturated heterocycles. The van der Waals surface area contributed by atoms with Crippen molar-refractivity contribution in [1.82, 2.24) is 0 Å². The van der Waals surface area contributed by atoms with E-state index in [0.717, 1.165) is 4.88 Å². The van der Waals surface area contributed by atoms with E-state index in [1.807, 2.05) is 6.07 Å². The molecule has 1 aromatic rings. The van der Waals surface area contributed by atoms with E-state index in [1.165, 1.54) is 47.3 Å². The lowest BCUT2D eigenvalue weighted by molar-refractivity contribution is 0.100. The van der Waals surface area contributed by atoms with Gasteiger partial charge < -0.3 is 5.73 Å². The molecule has 2 nitrogen and oxygen atoms in total. The Bertz CT molecular complexity index is 659. The van der Waals surface area contributed by atoms with Gasteiger partial charge in [0.15, 0.2) is 0 Å². The molecular weight excluding hydrogens is 290 g/mol. The third-order valence-electron chi connectivity index (χ3n) is 4.29. The Kier molecular flexibility index (Phi) is 5.07. The summed E-state index contributed by atoms with van der Waals surface area (Å²) in [5.41, 5.74) is 9.71. The van der Waals surface area contributed by atoms with E-state index in [0.29, 0.717) is 4.88 Å².